The van der Waals surface area contributed by atoms with Crippen molar-refractivity contribution in [2.45, 2.75) is 62.5 Å². The van der Waals surface area contributed by atoms with Crippen molar-refractivity contribution < 1.29 is 29.3 Å². The van der Waals surface area contributed by atoms with Crippen LogP contribution in [0.3, 0.4) is 0 Å². The molecule has 1 aromatic heterocycles. The maximum absolute atomic E-state index is 12.7. The molecule has 1 fully saturated rings. The summed E-state index contributed by atoms with van der Waals surface area (Å²) in [7, 11) is 0. The summed E-state index contributed by atoms with van der Waals surface area (Å²) in [6.45, 7) is 0.297. The van der Waals surface area contributed by atoms with Gasteiger partial charge in [-0.25, -0.2) is 0 Å². The molecule has 3 unspecified atom stereocenters. The van der Waals surface area contributed by atoms with E-state index in [4.69, 9.17) is 15.2 Å². The number of nitrogens with one attached hydrogen (secondary N) is 2. The molecular formula is C43H43N7O6S. The molecule has 6 aromatic rings. The fraction of sp³-hybridized carbons (Fsp3) is 0.233. The van der Waals surface area contributed by atoms with Crippen molar-refractivity contribution in [2.75, 3.05) is 16.8 Å². The van der Waals surface area contributed by atoms with Crippen LogP contribution in [-0.4, -0.2) is 54.1 Å². The molecule has 1 aliphatic rings. The average molecular weight is 786 g/mol. The third-order valence-electron chi connectivity index (χ3n) is 9.58. The van der Waals surface area contributed by atoms with Crippen molar-refractivity contribution in [3.8, 4) is 22.6 Å². The highest BCUT2D eigenvalue weighted by Gasteiger charge is 2.33. The van der Waals surface area contributed by atoms with Crippen molar-refractivity contribution in [3.63, 3.8) is 0 Å². The van der Waals surface area contributed by atoms with Crippen LogP contribution in [0.1, 0.15) is 60.3 Å². The first-order valence-corrected chi connectivity index (χ1v) is 19.6. The Labute approximate surface area is 334 Å². The van der Waals surface area contributed by atoms with E-state index in [1.165, 1.54) is 11.8 Å². The quantitative estimate of drug-likeness (QED) is 0.0540. The Bertz CT molecular complexity index is 2270. The van der Waals surface area contributed by atoms with Crippen LogP contribution in [0.25, 0.3) is 16.8 Å². The van der Waals surface area contributed by atoms with E-state index in [2.05, 4.69) is 26.2 Å². The third-order valence-corrected chi connectivity index (χ3v) is 10.6. The fourth-order valence-electron chi connectivity index (χ4n) is 6.51. The minimum Gasteiger partial charge on any atom is -0.508 e. The van der Waals surface area contributed by atoms with E-state index < -0.39 is 6.29 Å². The maximum atomic E-state index is 12.7. The summed E-state index contributed by atoms with van der Waals surface area (Å²) in [5.74, 6) is 0.384. The van der Waals surface area contributed by atoms with Crippen LogP contribution in [0, 0.1) is 0 Å². The number of benzene rings is 5. The zero-order valence-corrected chi connectivity index (χ0v) is 31.8. The predicted molar refractivity (Wildman–Crippen MR) is 217 cm³/mol. The molecule has 57 heavy (non-hydrogen) atoms. The number of aromatic nitrogens is 4. The second kappa shape index (κ2) is 18.7. The van der Waals surface area contributed by atoms with E-state index in [9.17, 15) is 19.8 Å². The van der Waals surface area contributed by atoms with Crippen LogP contribution >= 0.6 is 11.8 Å². The molecule has 6 N–H and O–H groups in total. The number of tetrazole rings is 1. The summed E-state index contributed by atoms with van der Waals surface area (Å²) in [6.07, 6.45) is 0.282. The first-order valence-electron chi connectivity index (χ1n) is 18.6. The molecule has 2 amide bonds. The Morgan fingerprint density at radius 1 is 0.842 bits per heavy atom. The molecule has 1 saturated heterocycles. The van der Waals surface area contributed by atoms with Gasteiger partial charge < -0.3 is 36.1 Å². The zero-order chi connectivity index (χ0) is 39.6. The molecule has 0 radical (unpaired) electrons. The number of aromatic hydroxyl groups is 1. The van der Waals surface area contributed by atoms with Gasteiger partial charge in [-0.15, -0.1) is 5.10 Å². The molecule has 0 spiro atoms. The summed E-state index contributed by atoms with van der Waals surface area (Å²) >= 11 is 1.47. The second-order valence-electron chi connectivity index (χ2n) is 13.6. The zero-order valence-electron chi connectivity index (χ0n) is 31.0. The number of para-hydroxylation sites is 2. The smallest absolute Gasteiger partial charge is 0.224 e. The highest BCUT2D eigenvalue weighted by Crippen LogP contribution is 2.40. The van der Waals surface area contributed by atoms with Gasteiger partial charge in [-0.2, -0.15) is 4.68 Å². The number of nitrogen functional groups attached to an aromatic ring is 1. The number of nitrogens with two attached hydrogens (primary N) is 1. The SMILES string of the molecule is Nc1ccccc1NC(=O)CCCC(=O)NCc1ccccc1-c1ccc(C2OC(CSc3nnnn3-c3ccc(O)cc3)CC(c3ccc(CO)cc3)O2)cc1. The van der Waals surface area contributed by atoms with Gasteiger partial charge in [0.15, 0.2) is 6.29 Å². The van der Waals surface area contributed by atoms with Gasteiger partial charge in [0.05, 0.1) is 35.9 Å². The van der Waals surface area contributed by atoms with Crippen LogP contribution in [0.5, 0.6) is 5.75 Å². The highest BCUT2D eigenvalue weighted by atomic mass is 32.2. The number of phenols is 1. The summed E-state index contributed by atoms with van der Waals surface area (Å²) < 4.78 is 14.8. The highest BCUT2D eigenvalue weighted by molar-refractivity contribution is 7.99. The maximum Gasteiger partial charge on any atom is 0.224 e. The summed E-state index contributed by atoms with van der Waals surface area (Å²) in [5.41, 5.74) is 13.3. The lowest BCUT2D eigenvalue weighted by atomic mass is 9.97. The van der Waals surface area contributed by atoms with Crippen LogP contribution in [0.15, 0.2) is 126 Å². The first-order chi connectivity index (χ1) is 27.8. The lowest BCUT2D eigenvalue weighted by molar-refractivity contribution is -0.245. The number of hydrogen-bond donors (Lipinski definition) is 5. The van der Waals surface area contributed by atoms with Crippen molar-refractivity contribution in [1.82, 2.24) is 25.5 Å². The Balaban J connectivity index is 0.992. The number of aliphatic hydroxyl groups excluding tert-OH is 1. The lowest BCUT2D eigenvalue weighted by Crippen LogP contribution is -2.31. The largest absolute Gasteiger partial charge is 0.508 e. The molecule has 0 aliphatic carbocycles. The molecule has 13 nitrogen and oxygen atoms in total. The van der Waals surface area contributed by atoms with Crippen LogP contribution in [-0.2, 0) is 32.2 Å². The van der Waals surface area contributed by atoms with Gasteiger partial charge in [-0.05, 0) is 81.1 Å². The predicted octanol–water partition coefficient (Wildman–Crippen LogP) is 6.87. The van der Waals surface area contributed by atoms with Gasteiger partial charge in [0.2, 0.25) is 17.0 Å². The van der Waals surface area contributed by atoms with Crippen molar-refractivity contribution >= 4 is 35.0 Å². The van der Waals surface area contributed by atoms with Crippen LogP contribution in [0.4, 0.5) is 11.4 Å². The summed E-state index contributed by atoms with van der Waals surface area (Å²) in [6, 6.07) is 37.4. The van der Waals surface area contributed by atoms with Gasteiger partial charge in [-0.1, -0.05) is 96.7 Å². The fourth-order valence-corrected chi connectivity index (χ4v) is 7.41. The number of hydrogen-bond acceptors (Lipinski definition) is 11. The number of rotatable bonds is 15. The number of nitrogens with zero attached hydrogens (tertiary/aromatic N) is 4. The van der Waals surface area contributed by atoms with Crippen LogP contribution < -0.4 is 16.4 Å². The lowest BCUT2D eigenvalue weighted by Gasteiger charge is -2.36. The van der Waals surface area contributed by atoms with Gasteiger partial charge in [0, 0.05) is 37.1 Å². The second-order valence-corrected chi connectivity index (χ2v) is 14.6. The standard InChI is InChI=1S/C43H43N7O6S/c44-37-8-3-4-9-38(37)46-41(54)11-5-10-40(53)45-25-32-6-1-2-7-36(32)29-16-18-31(19-17-29)42-55-35(24-39(56-42)30-14-12-28(26-51)13-15-30)27-57-43-47-48-49-50(43)33-20-22-34(52)23-21-33/h1-4,6-9,12-23,35,39,42,51-52H,5,10-11,24-27,44H2,(H,45,53)(H,46,54). The average Bonchev–Trinajstić information content (AvgIpc) is 3.72. The van der Waals surface area contributed by atoms with Crippen molar-refractivity contribution in [3.05, 3.63) is 144 Å². The Kier molecular flexibility index (Phi) is 12.9. The number of ether oxygens (including phenoxy) is 2. The van der Waals surface area contributed by atoms with Gasteiger partial charge in [0.25, 0.3) is 0 Å². The molecule has 292 valence electrons. The van der Waals surface area contributed by atoms with Gasteiger partial charge >= 0.3 is 0 Å². The number of phenolic OH excluding ortho intramolecular Hbond substituents is 1. The minimum absolute atomic E-state index is 0.0411. The van der Waals surface area contributed by atoms with Crippen molar-refractivity contribution in [2.24, 2.45) is 0 Å². The molecule has 1 aliphatic heterocycles. The molecule has 7 rings (SSSR count). The molecule has 0 saturated carbocycles. The topological polar surface area (TPSA) is 187 Å². The molecule has 2 heterocycles. The Morgan fingerprint density at radius 3 is 2.33 bits per heavy atom. The number of thioether (sulfide) groups is 1. The van der Waals surface area contributed by atoms with Gasteiger partial charge in [-0.3, -0.25) is 9.59 Å². The summed E-state index contributed by atoms with van der Waals surface area (Å²) in [5, 5.41) is 38.0. The first kappa shape index (κ1) is 39.2. The Morgan fingerprint density at radius 2 is 1.56 bits per heavy atom. The number of carbonyl (C=O) groups excluding carboxylic acids is 2. The van der Waals surface area contributed by atoms with Crippen LogP contribution in [0.2, 0.25) is 0 Å². The van der Waals surface area contributed by atoms with E-state index in [0.717, 1.165) is 39.1 Å². The molecule has 3 atom stereocenters. The molecule has 14 heteroatoms. The minimum atomic E-state index is -0.657. The van der Waals surface area contributed by atoms with Crippen molar-refractivity contribution in [1.29, 1.82) is 0 Å². The monoisotopic (exact) mass is 785 g/mol. The van der Waals surface area contributed by atoms with Gasteiger partial charge in [0.1, 0.15) is 5.75 Å². The Hall–Kier alpha value is -6.06. The summed E-state index contributed by atoms with van der Waals surface area (Å²) in [4.78, 5) is 25.1. The molecule has 5 aromatic carbocycles. The normalized spacial score (nSPS) is 16.5. The number of carbonyl (C=O) groups is 2. The number of aliphatic hydroxyl groups is 1. The van der Waals surface area contributed by atoms with E-state index in [-0.39, 0.29) is 49.2 Å². The van der Waals surface area contributed by atoms with E-state index in [0.29, 0.717) is 41.7 Å². The van der Waals surface area contributed by atoms with E-state index in [1.54, 1.807) is 53.2 Å². The number of amides is 2. The number of anilines is 2. The third kappa shape index (κ3) is 10.2. The van der Waals surface area contributed by atoms with E-state index >= 15 is 0 Å². The molecular weight excluding hydrogens is 743 g/mol. The van der Waals surface area contributed by atoms with E-state index in [1.807, 2.05) is 72.8 Å². The molecule has 0 bridgehead atoms.